The van der Waals surface area contributed by atoms with Gasteiger partial charge in [-0.25, -0.2) is 8.78 Å². The smallest absolute Gasteiger partial charge is 0.189 e. The van der Waals surface area contributed by atoms with Gasteiger partial charge in [-0.1, -0.05) is 24.3 Å². The van der Waals surface area contributed by atoms with Crippen molar-refractivity contribution in [2.24, 2.45) is 0 Å². The molecule has 0 spiro atoms. The minimum Gasteiger partial charge on any atom is -0.468 e. The van der Waals surface area contributed by atoms with E-state index in [2.05, 4.69) is 0 Å². The first-order chi connectivity index (χ1) is 16.7. The van der Waals surface area contributed by atoms with Gasteiger partial charge in [-0.2, -0.15) is 0 Å². The number of rotatable bonds is 12. The van der Waals surface area contributed by atoms with E-state index in [1.165, 1.54) is 12.1 Å². The Kier molecular flexibility index (Phi) is 7.01. The number of epoxide rings is 2. The quantitative estimate of drug-likeness (QED) is 0.215. The van der Waals surface area contributed by atoms with Crippen LogP contribution in [-0.4, -0.2) is 52.2 Å². The van der Waals surface area contributed by atoms with Gasteiger partial charge in [0.2, 0.25) is 0 Å². The summed E-state index contributed by atoms with van der Waals surface area (Å²) in [6.07, 6.45) is 0.322. The molecule has 0 saturated carbocycles. The van der Waals surface area contributed by atoms with Crippen LogP contribution < -0.4 is 9.47 Å². The maximum Gasteiger partial charge on any atom is 0.189 e. The van der Waals surface area contributed by atoms with Crippen LogP contribution in [-0.2, 0) is 18.9 Å². The Labute approximate surface area is 195 Å². The fraction of sp³-hybridized carbons (Fsp3) is 0.308. The maximum absolute atomic E-state index is 14.9. The zero-order valence-electron chi connectivity index (χ0n) is 18.4. The molecule has 6 nitrogen and oxygen atoms in total. The summed E-state index contributed by atoms with van der Waals surface area (Å²) in [6, 6.07) is 16.1. The molecule has 3 aromatic carbocycles. The second kappa shape index (κ2) is 10.5. The summed E-state index contributed by atoms with van der Waals surface area (Å²) in [5.41, 5.74) is 1.81. The molecule has 0 aromatic heterocycles. The number of hydrogen-bond acceptors (Lipinski definition) is 6. The Morgan fingerprint density at radius 2 is 1.15 bits per heavy atom. The third-order valence-corrected chi connectivity index (χ3v) is 5.42. The third kappa shape index (κ3) is 6.09. The highest BCUT2D eigenvalue weighted by molar-refractivity contribution is 5.72. The van der Waals surface area contributed by atoms with Crippen LogP contribution in [0.1, 0.15) is 0 Å². The lowest BCUT2D eigenvalue weighted by molar-refractivity contribution is 0.00801. The molecule has 2 atom stereocenters. The molecule has 2 heterocycles. The fourth-order valence-electron chi connectivity index (χ4n) is 3.37. The van der Waals surface area contributed by atoms with Gasteiger partial charge < -0.3 is 28.4 Å². The lowest BCUT2D eigenvalue weighted by atomic mass is 9.99. The predicted octanol–water partition coefficient (Wildman–Crippen LogP) is 4.80. The van der Waals surface area contributed by atoms with Gasteiger partial charge in [-0.05, 0) is 41.5 Å². The summed E-state index contributed by atoms with van der Waals surface area (Å²) in [4.78, 5) is 0. The van der Waals surface area contributed by atoms with Gasteiger partial charge in [-0.3, -0.25) is 0 Å². The van der Waals surface area contributed by atoms with Crippen molar-refractivity contribution >= 4 is 0 Å². The van der Waals surface area contributed by atoms with Gasteiger partial charge in [-0.15, -0.1) is 0 Å². The van der Waals surface area contributed by atoms with Crippen LogP contribution in [0, 0.1) is 11.6 Å². The van der Waals surface area contributed by atoms with Crippen molar-refractivity contribution in [2.75, 3.05) is 40.0 Å². The molecular weight excluding hydrogens is 446 g/mol. The van der Waals surface area contributed by atoms with E-state index < -0.39 is 11.6 Å². The van der Waals surface area contributed by atoms with Crippen LogP contribution in [0.3, 0.4) is 0 Å². The van der Waals surface area contributed by atoms with E-state index in [4.69, 9.17) is 28.4 Å². The topological polar surface area (TPSA) is 62.0 Å². The van der Waals surface area contributed by atoms with Gasteiger partial charge in [0.15, 0.2) is 13.6 Å². The molecule has 178 valence electrons. The molecule has 2 aliphatic heterocycles. The summed E-state index contributed by atoms with van der Waals surface area (Å²) >= 11 is 0. The van der Waals surface area contributed by atoms with E-state index in [0.29, 0.717) is 48.0 Å². The first-order valence-corrected chi connectivity index (χ1v) is 11.0. The van der Waals surface area contributed by atoms with Crippen molar-refractivity contribution in [1.82, 2.24) is 0 Å². The Hall–Kier alpha value is -3.04. The maximum atomic E-state index is 14.9. The first kappa shape index (κ1) is 22.7. The fourth-order valence-corrected chi connectivity index (χ4v) is 3.37. The Bertz CT molecular complexity index is 1110. The summed E-state index contributed by atoms with van der Waals surface area (Å²) in [6.45, 7) is 2.53. The normalized spacial score (nSPS) is 18.5. The van der Waals surface area contributed by atoms with Crippen molar-refractivity contribution in [2.45, 2.75) is 12.2 Å². The van der Waals surface area contributed by atoms with Gasteiger partial charge >= 0.3 is 0 Å². The van der Waals surface area contributed by atoms with Crippen molar-refractivity contribution in [3.8, 4) is 33.8 Å². The average molecular weight is 470 g/mol. The van der Waals surface area contributed by atoms with Crippen LogP contribution in [0.5, 0.6) is 11.5 Å². The lowest BCUT2D eigenvalue weighted by Gasteiger charge is -2.11. The van der Waals surface area contributed by atoms with Crippen LogP contribution in [0.2, 0.25) is 0 Å². The molecule has 3 aromatic rings. The molecular formula is C26H24F2O6. The minimum absolute atomic E-state index is 0.00819. The standard InChI is InChI=1S/C26H24F2O6/c27-25-9-18(24-8-6-20(10-26(24)28)34-16-30-12-22-14-32-22)3-7-23(25)17-1-4-19(5-2-17)33-15-29-11-21-13-31-21/h1-10,21-22H,11-16H2. The first-order valence-electron chi connectivity index (χ1n) is 11.0. The molecule has 2 fully saturated rings. The number of ether oxygens (including phenoxy) is 6. The molecule has 2 unspecified atom stereocenters. The summed E-state index contributed by atoms with van der Waals surface area (Å²) in [5, 5.41) is 0. The molecule has 0 N–H and O–H groups in total. The third-order valence-electron chi connectivity index (χ3n) is 5.42. The van der Waals surface area contributed by atoms with Crippen LogP contribution >= 0.6 is 0 Å². The van der Waals surface area contributed by atoms with Gasteiger partial charge in [0.1, 0.15) is 35.3 Å². The average Bonchev–Trinajstić information content (AvgIpc) is 3.76. The summed E-state index contributed by atoms with van der Waals surface area (Å²) < 4.78 is 61.2. The highest BCUT2D eigenvalue weighted by atomic mass is 19.1. The zero-order valence-corrected chi connectivity index (χ0v) is 18.4. The highest BCUT2D eigenvalue weighted by Crippen LogP contribution is 2.31. The summed E-state index contributed by atoms with van der Waals surface area (Å²) in [7, 11) is 0. The van der Waals surface area contributed by atoms with Gasteiger partial charge in [0, 0.05) is 17.2 Å². The molecule has 0 amide bonds. The highest BCUT2D eigenvalue weighted by Gasteiger charge is 2.23. The van der Waals surface area contributed by atoms with Crippen LogP contribution in [0.25, 0.3) is 22.3 Å². The van der Waals surface area contributed by atoms with Crippen molar-refractivity contribution in [1.29, 1.82) is 0 Å². The molecule has 0 aliphatic carbocycles. The van der Waals surface area contributed by atoms with Crippen molar-refractivity contribution < 1.29 is 37.2 Å². The molecule has 0 radical (unpaired) electrons. The lowest BCUT2D eigenvalue weighted by Crippen LogP contribution is -2.07. The van der Waals surface area contributed by atoms with Gasteiger partial charge in [0.25, 0.3) is 0 Å². The Morgan fingerprint density at radius 1 is 0.647 bits per heavy atom. The molecule has 2 saturated heterocycles. The minimum atomic E-state index is -0.507. The molecule has 0 bridgehead atoms. The van der Waals surface area contributed by atoms with E-state index in [-0.39, 0.29) is 31.4 Å². The number of halogens is 2. The van der Waals surface area contributed by atoms with Gasteiger partial charge in [0.05, 0.1) is 26.4 Å². The summed E-state index contributed by atoms with van der Waals surface area (Å²) in [5.74, 6) is -0.00159. The van der Waals surface area contributed by atoms with Crippen LogP contribution in [0.15, 0.2) is 60.7 Å². The predicted molar refractivity (Wildman–Crippen MR) is 120 cm³/mol. The molecule has 5 rings (SSSR count). The second-order valence-electron chi connectivity index (χ2n) is 8.04. The Morgan fingerprint density at radius 3 is 1.74 bits per heavy atom. The van der Waals surface area contributed by atoms with E-state index in [0.717, 1.165) is 6.61 Å². The van der Waals surface area contributed by atoms with E-state index in [1.807, 2.05) is 0 Å². The zero-order chi connectivity index (χ0) is 23.3. The van der Waals surface area contributed by atoms with Crippen molar-refractivity contribution in [3.05, 3.63) is 72.3 Å². The van der Waals surface area contributed by atoms with E-state index in [9.17, 15) is 8.78 Å². The largest absolute Gasteiger partial charge is 0.468 e. The van der Waals surface area contributed by atoms with E-state index >= 15 is 0 Å². The Balaban J connectivity index is 1.19. The number of hydrogen-bond donors (Lipinski definition) is 0. The second-order valence-corrected chi connectivity index (χ2v) is 8.04. The van der Waals surface area contributed by atoms with Crippen molar-refractivity contribution in [3.63, 3.8) is 0 Å². The van der Waals surface area contributed by atoms with E-state index in [1.54, 1.807) is 48.5 Å². The molecule has 8 heteroatoms. The molecule has 2 aliphatic rings. The monoisotopic (exact) mass is 470 g/mol. The van der Waals surface area contributed by atoms with Crippen LogP contribution in [0.4, 0.5) is 8.78 Å². The SMILES string of the molecule is Fc1cc(OCOCC2CO2)ccc1-c1ccc(-c2ccc(OCOCC3CO3)cc2)c(F)c1. The molecule has 34 heavy (non-hydrogen) atoms. The number of benzene rings is 3.